The van der Waals surface area contributed by atoms with E-state index >= 15 is 8.78 Å². The van der Waals surface area contributed by atoms with Crippen molar-refractivity contribution in [3.8, 4) is 22.8 Å². The Hall–Kier alpha value is -3.27. The van der Waals surface area contributed by atoms with Crippen LogP contribution in [0.15, 0.2) is 18.3 Å². The summed E-state index contributed by atoms with van der Waals surface area (Å²) in [6.07, 6.45) is 2.32. The third-order valence-corrected chi connectivity index (χ3v) is 5.17. The first-order chi connectivity index (χ1) is 14.5. The molecule has 0 bridgehead atoms. The van der Waals surface area contributed by atoms with E-state index in [2.05, 4.69) is 15.0 Å². The zero-order valence-electron chi connectivity index (χ0n) is 16.8. The van der Waals surface area contributed by atoms with Gasteiger partial charge in [-0.05, 0) is 12.5 Å². The number of methoxy groups -OCH3 is 3. The molecule has 2 N–H and O–H groups in total. The van der Waals surface area contributed by atoms with Crippen LogP contribution in [-0.2, 0) is 4.74 Å². The summed E-state index contributed by atoms with van der Waals surface area (Å²) < 4.78 is 45.7. The maximum atomic E-state index is 15.1. The van der Waals surface area contributed by atoms with Crippen LogP contribution in [0.4, 0.5) is 20.5 Å². The molecule has 30 heavy (non-hydrogen) atoms. The molecule has 1 aromatic carbocycles. The monoisotopic (exact) mass is 417 g/mol. The maximum Gasteiger partial charge on any atom is 0.220 e. The standard InChI is InChI=1S/C20H21F2N5O3/c1-28-11-4-5-27(9-11)19-18-10(8-24-20(23)26-18)6-12(25-19)15-16(21)13(29-2)7-14(30-3)17(15)22/h6-8,11H,4-5,9H2,1-3H3,(H2,23,24,26). The lowest BCUT2D eigenvalue weighted by atomic mass is 10.1. The number of benzene rings is 1. The Balaban J connectivity index is 1.97. The number of nitrogen functional groups attached to an aromatic ring is 1. The van der Waals surface area contributed by atoms with Crippen molar-refractivity contribution in [3.05, 3.63) is 30.0 Å². The fourth-order valence-electron chi connectivity index (χ4n) is 3.61. The van der Waals surface area contributed by atoms with Gasteiger partial charge in [0.25, 0.3) is 0 Å². The van der Waals surface area contributed by atoms with Crippen LogP contribution in [0.5, 0.6) is 11.5 Å². The number of hydrogen-bond donors (Lipinski definition) is 1. The predicted molar refractivity (Wildman–Crippen MR) is 108 cm³/mol. The van der Waals surface area contributed by atoms with Crippen molar-refractivity contribution in [2.24, 2.45) is 0 Å². The fraction of sp³-hybridized carbons (Fsp3) is 0.350. The largest absolute Gasteiger partial charge is 0.494 e. The molecule has 1 aliphatic rings. The zero-order chi connectivity index (χ0) is 21.4. The van der Waals surface area contributed by atoms with Gasteiger partial charge in [-0.15, -0.1) is 0 Å². The van der Waals surface area contributed by atoms with E-state index in [0.717, 1.165) is 12.5 Å². The fourth-order valence-corrected chi connectivity index (χ4v) is 3.61. The van der Waals surface area contributed by atoms with Gasteiger partial charge in [-0.1, -0.05) is 0 Å². The number of pyridine rings is 1. The molecule has 1 aliphatic heterocycles. The van der Waals surface area contributed by atoms with Gasteiger partial charge in [0.15, 0.2) is 29.0 Å². The molecule has 2 aromatic heterocycles. The van der Waals surface area contributed by atoms with Crippen molar-refractivity contribution < 1.29 is 23.0 Å². The molecular weight excluding hydrogens is 396 g/mol. The SMILES string of the molecule is COc1cc(OC)c(F)c(-c2cc3cnc(N)nc3c(N3CCC(OC)C3)n2)c1F. The van der Waals surface area contributed by atoms with E-state index in [0.29, 0.717) is 29.8 Å². The molecule has 158 valence electrons. The summed E-state index contributed by atoms with van der Waals surface area (Å²) in [6, 6.07) is 2.67. The number of hydrogen-bond acceptors (Lipinski definition) is 8. The Labute approximate surface area is 171 Å². The van der Waals surface area contributed by atoms with E-state index in [1.807, 2.05) is 4.90 Å². The highest BCUT2D eigenvalue weighted by atomic mass is 19.1. The van der Waals surface area contributed by atoms with Gasteiger partial charge in [0.05, 0.1) is 31.6 Å². The Bertz CT molecular complexity index is 1080. The average Bonchev–Trinajstić information content (AvgIpc) is 3.23. The van der Waals surface area contributed by atoms with Crippen LogP contribution in [-0.4, -0.2) is 55.5 Å². The van der Waals surface area contributed by atoms with E-state index in [4.69, 9.17) is 19.9 Å². The summed E-state index contributed by atoms with van der Waals surface area (Å²) in [7, 11) is 4.23. The summed E-state index contributed by atoms with van der Waals surface area (Å²) >= 11 is 0. The first-order valence-corrected chi connectivity index (χ1v) is 9.28. The van der Waals surface area contributed by atoms with Crippen LogP contribution in [0.25, 0.3) is 22.2 Å². The lowest BCUT2D eigenvalue weighted by Crippen LogP contribution is -2.24. The minimum Gasteiger partial charge on any atom is -0.494 e. The van der Waals surface area contributed by atoms with Crippen molar-refractivity contribution in [2.75, 3.05) is 45.1 Å². The second-order valence-electron chi connectivity index (χ2n) is 6.87. The maximum absolute atomic E-state index is 15.1. The number of nitrogens with two attached hydrogens (primary N) is 1. The van der Waals surface area contributed by atoms with Gasteiger partial charge in [0.2, 0.25) is 5.95 Å². The van der Waals surface area contributed by atoms with Crippen LogP contribution in [0.3, 0.4) is 0 Å². The summed E-state index contributed by atoms with van der Waals surface area (Å²) in [6.45, 7) is 1.22. The first kappa shape index (κ1) is 20.0. The van der Waals surface area contributed by atoms with E-state index in [1.54, 1.807) is 7.11 Å². The number of nitrogens with zero attached hydrogens (tertiary/aromatic N) is 4. The lowest BCUT2D eigenvalue weighted by molar-refractivity contribution is 0.121. The van der Waals surface area contributed by atoms with Crippen LogP contribution in [0.1, 0.15) is 6.42 Å². The molecule has 3 heterocycles. The summed E-state index contributed by atoms with van der Waals surface area (Å²) in [5, 5.41) is 0.547. The molecule has 8 nitrogen and oxygen atoms in total. The number of rotatable bonds is 5. The Kier molecular flexibility index (Phi) is 5.25. The molecule has 3 aromatic rings. The molecule has 0 amide bonds. The van der Waals surface area contributed by atoms with Gasteiger partial charge in [0, 0.05) is 37.8 Å². The van der Waals surface area contributed by atoms with Gasteiger partial charge < -0.3 is 24.8 Å². The van der Waals surface area contributed by atoms with Crippen molar-refractivity contribution in [1.82, 2.24) is 15.0 Å². The quantitative estimate of drug-likeness (QED) is 0.677. The predicted octanol–water partition coefficient (Wildman–Crippen LogP) is 2.79. The minimum absolute atomic E-state index is 0.0232. The van der Waals surface area contributed by atoms with Gasteiger partial charge in [-0.25, -0.2) is 23.7 Å². The molecular formula is C20H21F2N5O3. The van der Waals surface area contributed by atoms with Crippen molar-refractivity contribution >= 4 is 22.7 Å². The van der Waals surface area contributed by atoms with Gasteiger partial charge in [-0.2, -0.15) is 0 Å². The summed E-state index contributed by atoms with van der Waals surface area (Å²) in [5.41, 5.74) is 5.99. The van der Waals surface area contributed by atoms with E-state index < -0.39 is 11.6 Å². The molecule has 0 spiro atoms. The number of aromatic nitrogens is 3. The number of anilines is 2. The highest BCUT2D eigenvalue weighted by Gasteiger charge is 2.28. The second kappa shape index (κ2) is 7.86. The molecule has 1 saturated heterocycles. The number of ether oxygens (including phenoxy) is 3. The van der Waals surface area contributed by atoms with Crippen molar-refractivity contribution in [3.63, 3.8) is 0 Å². The van der Waals surface area contributed by atoms with E-state index in [1.165, 1.54) is 26.5 Å². The van der Waals surface area contributed by atoms with E-state index in [9.17, 15) is 0 Å². The molecule has 0 radical (unpaired) electrons. The van der Waals surface area contributed by atoms with Crippen LogP contribution >= 0.6 is 0 Å². The third kappa shape index (κ3) is 3.32. The van der Waals surface area contributed by atoms with Crippen LogP contribution in [0, 0.1) is 11.6 Å². The number of fused-ring (bicyclic) bond motifs is 1. The zero-order valence-corrected chi connectivity index (χ0v) is 16.8. The molecule has 1 fully saturated rings. The number of halogens is 2. The highest BCUT2D eigenvalue weighted by Crippen LogP contribution is 2.39. The first-order valence-electron chi connectivity index (χ1n) is 9.28. The van der Waals surface area contributed by atoms with Crippen LogP contribution < -0.4 is 20.1 Å². The topological polar surface area (TPSA) is 95.6 Å². The Morgan fingerprint density at radius 2 is 1.77 bits per heavy atom. The normalized spacial score (nSPS) is 16.3. The smallest absolute Gasteiger partial charge is 0.220 e. The highest BCUT2D eigenvalue weighted by molar-refractivity contribution is 5.92. The Morgan fingerprint density at radius 3 is 2.37 bits per heavy atom. The molecule has 1 unspecified atom stereocenters. The molecule has 0 saturated carbocycles. The van der Waals surface area contributed by atoms with Gasteiger partial charge in [-0.3, -0.25) is 0 Å². The second-order valence-corrected chi connectivity index (χ2v) is 6.87. The Morgan fingerprint density at radius 1 is 1.07 bits per heavy atom. The molecule has 4 rings (SSSR count). The molecule has 10 heteroatoms. The summed E-state index contributed by atoms with van der Waals surface area (Å²) in [5.74, 6) is -1.51. The lowest BCUT2D eigenvalue weighted by Gasteiger charge is -2.20. The van der Waals surface area contributed by atoms with Crippen molar-refractivity contribution in [2.45, 2.75) is 12.5 Å². The molecule has 0 aliphatic carbocycles. The third-order valence-electron chi connectivity index (χ3n) is 5.17. The van der Waals surface area contributed by atoms with E-state index in [-0.39, 0.29) is 34.8 Å². The van der Waals surface area contributed by atoms with Gasteiger partial charge >= 0.3 is 0 Å². The van der Waals surface area contributed by atoms with Crippen molar-refractivity contribution in [1.29, 1.82) is 0 Å². The average molecular weight is 417 g/mol. The molecule has 1 atom stereocenters. The van der Waals surface area contributed by atoms with Gasteiger partial charge in [0.1, 0.15) is 5.52 Å². The summed E-state index contributed by atoms with van der Waals surface area (Å²) in [4.78, 5) is 14.8. The van der Waals surface area contributed by atoms with Crippen LogP contribution in [0.2, 0.25) is 0 Å². The minimum atomic E-state index is -0.874.